The van der Waals surface area contributed by atoms with Gasteiger partial charge >= 0.3 is 0 Å². The van der Waals surface area contributed by atoms with Crippen LogP contribution in [0.25, 0.3) is 0 Å². The molecule has 1 aliphatic rings. The number of nitrogens with one attached hydrogen (secondary N) is 1. The van der Waals surface area contributed by atoms with Crippen LogP contribution in [0.3, 0.4) is 0 Å². The van der Waals surface area contributed by atoms with E-state index in [1.807, 2.05) is 0 Å². The highest BCUT2D eigenvalue weighted by Crippen LogP contribution is 2.27. The van der Waals surface area contributed by atoms with Gasteiger partial charge in [0, 0.05) is 12.6 Å². The van der Waals surface area contributed by atoms with Gasteiger partial charge in [0.05, 0.1) is 15.6 Å². The van der Waals surface area contributed by atoms with E-state index in [2.05, 4.69) is 5.32 Å². The number of hydrogen-bond acceptors (Lipinski definition) is 2. The van der Waals surface area contributed by atoms with Crippen LogP contribution in [0.1, 0.15) is 42.5 Å². The zero-order valence-corrected chi connectivity index (χ0v) is 14.4. The Labute approximate surface area is 146 Å². The minimum absolute atomic E-state index is 0. The van der Waals surface area contributed by atoms with E-state index in [9.17, 15) is 9.18 Å². The molecule has 0 radical (unpaired) electrons. The average Bonchev–Trinajstić information content (AvgIpc) is 2.49. The van der Waals surface area contributed by atoms with Crippen molar-refractivity contribution in [2.75, 3.05) is 6.54 Å². The molecule has 0 spiro atoms. The Kier molecular flexibility index (Phi) is 7.90. The van der Waals surface area contributed by atoms with Gasteiger partial charge in [0.1, 0.15) is 5.82 Å². The average molecular weight is 370 g/mol. The molecule has 1 amide bonds. The van der Waals surface area contributed by atoms with Crippen molar-refractivity contribution >= 4 is 41.5 Å². The summed E-state index contributed by atoms with van der Waals surface area (Å²) in [6, 6.07) is 2.20. The first-order chi connectivity index (χ1) is 10.0. The van der Waals surface area contributed by atoms with Crippen LogP contribution in [-0.4, -0.2) is 18.5 Å². The van der Waals surface area contributed by atoms with Gasteiger partial charge < -0.3 is 11.1 Å². The van der Waals surface area contributed by atoms with Gasteiger partial charge in [-0.3, -0.25) is 4.79 Å². The summed E-state index contributed by atoms with van der Waals surface area (Å²) in [6.45, 7) is 0.365. The summed E-state index contributed by atoms with van der Waals surface area (Å²) in [6.07, 6.45) is 5.67. The monoisotopic (exact) mass is 368 g/mol. The van der Waals surface area contributed by atoms with E-state index in [4.69, 9.17) is 28.9 Å². The Morgan fingerprint density at radius 2 is 1.91 bits per heavy atom. The normalized spacial score (nSPS) is 16.7. The Morgan fingerprint density at radius 3 is 2.50 bits per heavy atom. The summed E-state index contributed by atoms with van der Waals surface area (Å²) in [4.78, 5) is 12.3. The van der Waals surface area contributed by atoms with Crippen LogP contribution < -0.4 is 11.1 Å². The second-order valence-electron chi connectivity index (χ2n) is 5.46. The van der Waals surface area contributed by atoms with Gasteiger partial charge in [-0.2, -0.15) is 0 Å². The minimum Gasteiger partial charge on any atom is -0.348 e. The van der Waals surface area contributed by atoms with E-state index in [-0.39, 0.29) is 34.1 Å². The summed E-state index contributed by atoms with van der Waals surface area (Å²) in [5.74, 6) is -0.687. The Bertz CT molecular complexity index is 522. The maximum absolute atomic E-state index is 13.5. The van der Waals surface area contributed by atoms with Crippen LogP contribution >= 0.6 is 35.6 Å². The molecule has 0 aromatic heterocycles. The maximum atomic E-state index is 13.5. The van der Waals surface area contributed by atoms with Gasteiger partial charge in [-0.05, 0) is 30.9 Å². The molecule has 1 unspecified atom stereocenters. The van der Waals surface area contributed by atoms with Gasteiger partial charge in [0.2, 0.25) is 0 Å². The number of halogens is 4. The Balaban J connectivity index is 0.00000242. The SMILES string of the molecule is Cl.NCC(NC(=O)c1cc(F)c(Cl)cc1Cl)C1CCCCC1. The zero-order valence-electron chi connectivity index (χ0n) is 12.1. The van der Waals surface area contributed by atoms with Crippen molar-refractivity contribution in [3.63, 3.8) is 0 Å². The molecule has 124 valence electrons. The molecule has 0 saturated heterocycles. The number of nitrogens with two attached hydrogens (primary N) is 1. The zero-order chi connectivity index (χ0) is 15.4. The quantitative estimate of drug-likeness (QED) is 0.782. The van der Waals surface area contributed by atoms with Crippen LogP contribution in [-0.2, 0) is 0 Å². The van der Waals surface area contributed by atoms with E-state index in [1.54, 1.807) is 0 Å². The molecule has 1 saturated carbocycles. The molecule has 7 heteroatoms. The van der Waals surface area contributed by atoms with Gasteiger partial charge in [0.15, 0.2) is 0 Å². The summed E-state index contributed by atoms with van der Waals surface area (Å²) in [5, 5.41) is 2.92. The minimum atomic E-state index is -0.659. The lowest BCUT2D eigenvalue weighted by Crippen LogP contribution is -2.46. The third-order valence-corrected chi connectivity index (χ3v) is 4.65. The van der Waals surface area contributed by atoms with E-state index in [1.165, 1.54) is 12.5 Å². The van der Waals surface area contributed by atoms with Crippen LogP contribution in [0.2, 0.25) is 10.0 Å². The third kappa shape index (κ3) is 4.72. The number of amides is 1. The lowest BCUT2D eigenvalue weighted by molar-refractivity contribution is 0.0915. The van der Waals surface area contributed by atoms with Crippen molar-refractivity contribution in [3.05, 3.63) is 33.6 Å². The topological polar surface area (TPSA) is 55.1 Å². The van der Waals surface area contributed by atoms with Crippen LogP contribution in [0.5, 0.6) is 0 Å². The van der Waals surface area contributed by atoms with E-state index in [0.717, 1.165) is 31.7 Å². The summed E-state index contributed by atoms with van der Waals surface area (Å²) >= 11 is 11.6. The fourth-order valence-corrected chi connectivity index (χ4v) is 3.32. The van der Waals surface area contributed by atoms with Crippen LogP contribution in [0.15, 0.2) is 12.1 Å². The molecule has 1 aromatic rings. The second-order valence-corrected chi connectivity index (χ2v) is 6.27. The van der Waals surface area contributed by atoms with Crippen molar-refractivity contribution in [2.24, 2.45) is 11.7 Å². The first kappa shape index (κ1) is 19.5. The molecule has 1 aliphatic carbocycles. The van der Waals surface area contributed by atoms with Crippen molar-refractivity contribution in [1.29, 1.82) is 0 Å². The van der Waals surface area contributed by atoms with Crippen molar-refractivity contribution in [3.8, 4) is 0 Å². The molecule has 1 fully saturated rings. The predicted molar refractivity (Wildman–Crippen MR) is 90.6 cm³/mol. The van der Waals surface area contributed by atoms with E-state index in [0.29, 0.717) is 12.5 Å². The number of benzene rings is 1. The number of hydrogen-bond donors (Lipinski definition) is 2. The molecule has 22 heavy (non-hydrogen) atoms. The van der Waals surface area contributed by atoms with Crippen LogP contribution in [0.4, 0.5) is 4.39 Å². The Hall–Kier alpha value is -0.550. The van der Waals surface area contributed by atoms with Gasteiger partial charge in [0.25, 0.3) is 5.91 Å². The fraction of sp³-hybridized carbons (Fsp3) is 0.533. The lowest BCUT2D eigenvalue weighted by Gasteiger charge is -2.30. The van der Waals surface area contributed by atoms with Crippen LogP contribution in [0, 0.1) is 11.7 Å². The van der Waals surface area contributed by atoms with Gasteiger partial charge in [-0.1, -0.05) is 42.5 Å². The molecule has 0 aliphatic heterocycles. The highest BCUT2D eigenvalue weighted by atomic mass is 35.5. The van der Waals surface area contributed by atoms with E-state index >= 15 is 0 Å². The fourth-order valence-electron chi connectivity index (χ4n) is 2.85. The lowest BCUT2D eigenvalue weighted by atomic mass is 9.84. The molecule has 1 atom stereocenters. The van der Waals surface area contributed by atoms with Gasteiger partial charge in [-0.15, -0.1) is 12.4 Å². The Morgan fingerprint density at radius 1 is 1.27 bits per heavy atom. The summed E-state index contributed by atoms with van der Waals surface area (Å²) in [5.41, 5.74) is 5.87. The van der Waals surface area contributed by atoms with Crippen molar-refractivity contribution in [1.82, 2.24) is 5.32 Å². The van der Waals surface area contributed by atoms with Crippen molar-refractivity contribution in [2.45, 2.75) is 38.1 Å². The molecule has 1 aromatic carbocycles. The van der Waals surface area contributed by atoms with Crippen molar-refractivity contribution < 1.29 is 9.18 Å². The van der Waals surface area contributed by atoms with E-state index < -0.39 is 11.7 Å². The predicted octanol–water partition coefficient (Wildman–Crippen LogP) is 4.19. The molecule has 0 bridgehead atoms. The largest absolute Gasteiger partial charge is 0.348 e. The number of carbonyl (C=O) groups excluding carboxylic acids is 1. The maximum Gasteiger partial charge on any atom is 0.253 e. The molecule has 3 N–H and O–H groups in total. The summed E-state index contributed by atoms with van der Waals surface area (Å²) in [7, 11) is 0. The molecule has 3 nitrogen and oxygen atoms in total. The third-order valence-electron chi connectivity index (χ3n) is 4.04. The van der Waals surface area contributed by atoms with Gasteiger partial charge in [-0.25, -0.2) is 4.39 Å². The first-order valence-electron chi connectivity index (χ1n) is 7.18. The first-order valence-corrected chi connectivity index (χ1v) is 7.94. The number of carbonyl (C=O) groups is 1. The highest BCUT2D eigenvalue weighted by molar-refractivity contribution is 6.36. The molecule has 2 rings (SSSR count). The molecular weight excluding hydrogens is 350 g/mol. The standard InChI is InChI=1S/C15H19Cl2FN2O.ClH/c16-11-7-12(17)13(18)6-10(11)15(21)20-14(8-19)9-4-2-1-3-5-9;/h6-7,9,14H,1-5,8,19H2,(H,20,21);1H. The smallest absolute Gasteiger partial charge is 0.253 e. The second kappa shape index (κ2) is 8.92. The molecule has 0 heterocycles. The molecular formula is C15H20Cl3FN2O. The summed E-state index contributed by atoms with van der Waals surface area (Å²) < 4.78 is 13.5. The highest BCUT2D eigenvalue weighted by Gasteiger charge is 2.25. The number of rotatable bonds is 4.